The van der Waals surface area contributed by atoms with Gasteiger partial charge in [-0.15, -0.1) is 0 Å². The van der Waals surface area contributed by atoms with E-state index in [4.69, 9.17) is 15.0 Å². The molecule has 0 radical (unpaired) electrons. The van der Waals surface area contributed by atoms with Gasteiger partial charge in [0, 0.05) is 27.5 Å². The van der Waals surface area contributed by atoms with Crippen LogP contribution in [-0.4, -0.2) is 15.0 Å². The molecule has 8 aromatic rings. The van der Waals surface area contributed by atoms with Crippen molar-refractivity contribution in [3.05, 3.63) is 169 Å². The second-order valence-electron chi connectivity index (χ2n) is 14.3. The maximum atomic E-state index is 5.41. The van der Waals surface area contributed by atoms with E-state index < -0.39 is 0 Å². The normalized spacial score (nSPS) is 14.7. The molecule has 10 rings (SSSR count). The molecule has 0 atom stereocenters. The lowest BCUT2D eigenvalue weighted by Gasteiger charge is -2.28. The van der Waals surface area contributed by atoms with Crippen molar-refractivity contribution >= 4 is 38.0 Å². The topological polar surface area (TPSA) is 38.7 Å². The number of hydrogen-bond acceptors (Lipinski definition) is 3. The first kappa shape index (κ1) is 29.7. The molecule has 0 fully saturated rings. The SMILES string of the molecule is CC1(C)C2=C(C=CCC2)c2nc3ccc4ccccc4c3c(-c3ccc(-c4ccc(-c5cnc(-c6ccccc6)cn5)c5ccccc45)cc3)c21. The van der Waals surface area contributed by atoms with E-state index in [0.717, 1.165) is 52.0 Å². The fourth-order valence-corrected chi connectivity index (χ4v) is 8.63. The van der Waals surface area contributed by atoms with Gasteiger partial charge < -0.3 is 0 Å². The Bertz CT molecular complexity index is 2740. The number of nitrogens with zero attached hydrogens (tertiary/aromatic N) is 3. The number of allylic oxidation sites excluding steroid dienone is 4. The van der Waals surface area contributed by atoms with Crippen LogP contribution in [0.2, 0.25) is 0 Å². The molecule has 0 aliphatic heterocycles. The highest BCUT2D eigenvalue weighted by atomic mass is 14.8. The number of hydrogen-bond donors (Lipinski definition) is 0. The fraction of sp³-hybridized carbons (Fsp3) is 0.104. The molecule has 0 bridgehead atoms. The number of benzene rings is 6. The van der Waals surface area contributed by atoms with Crippen molar-refractivity contribution < 1.29 is 0 Å². The Kier molecular flexibility index (Phi) is 6.66. The van der Waals surface area contributed by atoms with E-state index >= 15 is 0 Å². The molecule has 2 aliphatic carbocycles. The highest BCUT2D eigenvalue weighted by molar-refractivity contribution is 6.16. The van der Waals surface area contributed by atoms with Crippen LogP contribution in [0.1, 0.15) is 37.9 Å². The van der Waals surface area contributed by atoms with Crippen molar-refractivity contribution in [3.63, 3.8) is 0 Å². The minimum atomic E-state index is -0.115. The molecule has 242 valence electrons. The molecule has 0 unspecified atom stereocenters. The second kappa shape index (κ2) is 11.4. The van der Waals surface area contributed by atoms with Crippen LogP contribution in [0.15, 0.2) is 158 Å². The number of fused-ring (bicyclic) bond motifs is 6. The summed E-state index contributed by atoms with van der Waals surface area (Å²) in [5.74, 6) is 0. The van der Waals surface area contributed by atoms with Gasteiger partial charge in [-0.05, 0) is 68.3 Å². The first-order chi connectivity index (χ1) is 25.1. The van der Waals surface area contributed by atoms with Gasteiger partial charge in [-0.2, -0.15) is 0 Å². The summed E-state index contributed by atoms with van der Waals surface area (Å²) in [4.78, 5) is 15.0. The molecule has 3 heteroatoms. The molecule has 3 nitrogen and oxygen atoms in total. The molecule has 6 aromatic carbocycles. The lowest BCUT2D eigenvalue weighted by atomic mass is 9.75. The molecular formula is C48H35N3. The molecule has 0 amide bonds. The molecule has 2 heterocycles. The predicted molar refractivity (Wildman–Crippen MR) is 212 cm³/mol. The fourth-order valence-electron chi connectivity index (χ4n) is 8.63. The zero-order valence-electron chi connectivity index (χ0n) is 28.7. The molecule has 51 heavy (non-hydrogen) atoms. The smallest absolute Gasteiger partial charge is 0.0891 e. The average Bonchev–Trinajstić information content (AvgIpc) is 3.42. The summed E-state index contributed by atoms with van der Waals surface area (Å²) in [7, 11) is 0. The van der Waals surface area contributed by atoms with Crippen LogP contribution in [0.25, 0.3) is 82.8 Å². The van der Waals surface area contributed by atoms with Gasteiger partial charge in [-0.3, -0.25) is 9.97 Å². The molecule has 2 aromatic heterocycles. The number of rotatable bonds is 4. The van der Waals surface area contributed by atoms with Crippen LogP contribution >= 0.6 is 0 Å². The van der Waals surface area contributed by atoms with Crippen LogP contribution in [0.4, 0.5) is 0 Å². The molecular weight excluding hydrogens is 619 g/mol. The summed E-state index contributed by atoms with van der Waals surface area (Å²) < 4.78 is 0. The number of pyridine rings is 1. The van der Waals surface area contributed by atoms with E-state index in [1.165, 1.54) is 60.5 Å². The van der Waals surface area contributed by atoms with E-state index in [9.17, 15) is 0 Å². The Hall–Kier alpha value is -6.19. The quantitative estimate of drug-likeness (QED) is 0.177. The maximum Gasteiger partial charge on any atom is 0.0891 e. The summed E-state index contributed by atoms with van der Waals surface area (Å²) >= 11 is 0. The Morgan fingerprint density at radius 3 is 2.02 bits per heavy atom. The van der Waals surface area contributed by atoms with Crippen LogP contribution in [0.3, 0.4) is 0 Å². The molecule has 0 spiro atoms. The van der Waals surface area contributed by atoms with Crippen molar-refractivity contribution in [2.45, 2.75) is 32.1 Å². The summed E-state index contributed by atoms with van der Waals surface area (Å²) in [5, 5.41) is 6.09. The summed E-state index contributed by atoms with van der Waals surface area (Å²) in [6, 6.07) is 45.7. The minimum Gasteiger partial charge on any atom is -0.252 e. The number of aromatic nitrogens is 3. The van der Waals surface area contributed by atoms with Gasteiger partial charge in [0.1, 0.15) is 0 Å². The highest BCUT2D eigenvalue weighted by Gasteiger charge is 2.41. The first-order valence-electron chi connectivity index (χ1n) is 17.8. The molecule has 2 aliphatic rings. The molecule has 0 saturated heterocycles. The molecule has 0 saturated carbocycles. The minimum absolute atomic E-state index is 0.115. The van der Waals surface area contributed by atoms with Gasteiger partial charge in [-0.25, -0.2) is 4.98 Å². The van der Waals surface area contributed by atoms with Gasteiger partial charge in [0.25, 0.3) is 0 Å². The maximum absolute atomic E-state index is 5.41. The van der Waals surface area contributed by atoms with Crippen LogP contribution in [0.5, 0.6) is 0 Å². The Morgan fingerprint density at radius 1 is 0.569 bits per heavy atom. The lowest BCUT2D eigenvalue weighted by Crippen LogP contribution is -2.19. The van der Waals surface area contributed by atoms with Gasteiger partial charge in [0.05, 0.1) is 35.0 Å². The van der Waals surface area contributed by atoms with Gasteiger partial charge in [0.2, 0.25) is 0 Å². The van der Waals surface area contributed by atoms with Crippen molar-refractivity contribution in [2.75, 3.05) is 0 Å². The third-order valence-corrected chi connectivity index (χ3v) is 11.1. The van der Waals surface area contributed by atoms with Gasteiger partial charge in [0.15, 0.2) is 0 Å². The predicted octanol–water partition coefficient (Wildman–Crippen LogP) is 12.4. The average molecular weight is 654 g/mol. The van der Waals surface area contributed by atoms with Crippen molar-refractivity contribution in [1.82, 2.24) is 15.0 Å². The van der Waals surface area contributed by atoms with Gasteiger partial charge >= 0.3 is 0 Å². The van der Waals surface area contributed by atoms with Crippen molar-refractivity contribution in [3.8, 4) is 44.8 Å². The molecule has 0 N–H and O–H groups in total. The Balaban J connectivity index is 1.11. The van der Waals surface area contributed by atoms with Crippen LogP contribution in [0, 0.1) is 0 Å². The highest BCUT2D eigenvalue weighted by Crippen LogP contribution is 2.54. The second-order valence-corrected chi connectivity index (χ2v) is 14.3. The third kappa shape index (κ3) is 4.62. The monoisotopic (exact) mass is 653 g/mol. The zero-order valence-corrected chi connectivity index (χ0v) is 28.7. The van der Waals surface area contributed by atoms with E-state index in [1.807, 2.05) is 30.6 Å². The summed E-state index contributed by atoms with van der Waals surface area (Å²) in [6.07, 6.45) is 10.6. The van der Waals surface area contributed by atoms with Crippen molar-refractivity contribution in [1.29, 1.82) is 0 Å². The van der Waals surface area contributed by atoms with E-state index in [0.29, 0.717) is 0 Å². The lowest BCUT2D eigenvalue weighted by molar-refractivity contribution is 0.608. The van der Waals surface area contributed by atoms with Crippen molar-refractivity contribution in [2.24, 2.45) is 0 Å². The van der Waals surface area contributed by atoms with E-state index in [2.05, 4.69) is 135 Å². The largest absolute Gasteiger partial charge is 0.252 e. The Labute approximate surface area is 297 Å². The summed E-state index contributed by atoms with van der Waals surface area (Å²) in [6.45, 7) is 4.80. The summed E-state index contributed by atoms with van der Waals surface area (Å²) in [5.41, 5.74) is 15.1. The van der Waals surface area contributed by atoms with Crippen LogP contribution in [-0.2, 0) is 5.41 Å². The first-order valence-corrected chi connectivity index (χ1v) is 17.8. The standard InChI is InChI=1S/C48H35N3/c1-48(2)40-19-11-10-18-39(40)47-46(48)44(45-35-15-7-6-12-30(35)24-27-41(45)51-47)33-22-20-31(21-23-33)34-25-26-38(37-17-9-8-16-36(34)37)43-29-49-42(28-50-43)32-13-4-3-5-14-32/h3-10,12-18,20-29H,11,19H2,1-2H3. The zero-order chi connectivity index (χ0) is 34.1. The van der Waals surface area contributed by atoms with Crippen LogP contribution < -0.4 is 0 Å². The van der Waals surface area contributed by atoms with Gasteiger partial charge in [-0.1, -0.05) is 153 Å². The Morgan fingerprint density at radius 2 is 1.24 bits per heavy atom. The van der Waals surface area contributed by atoms with E-state index in [1.54, 1.807) is 0 Å². The third-order valence-electron chi connectivity index (χ3n) is 11.1. The van der Waals surface area contributed by atoms with E-state index in [-0.39, 0.29) is 5.41 Å².